The Morgan fingerprint density at radius 1 is 1.11 bits per heavy atom. The van der Waals surface area contributed by atoms with Gasteiger partial charge in [0.05, 0.1) is 17.8 Å². The Hall–Kier alpha value is -0.670. The van der Waals surface area contributed by atoms with Crippen LogP contribution in [0.4, 0.5) is 0 Å². The fraction of sp³-hybridized carbons (Fsp3) is 0.812. The maximum absolute atomic E-state index is 11.7. The Morgan fingerprint density at radius 2 is 1.63 bits per heavy atom. The summed E-state index contributed by atoms with van der Waals surface area (Å²) >= 11 is 0. The Labute approximate surface area is 118 Å². The Bertz CT molecular complexity index is 314. The van der Waals surface area contributed by atoms with Crippen molar-refractivity contribution >= 4 is 5.78 Å². The van der Waals surface area contributed by atoms with E-state index in [-0.39, 0.29) is 11.4 Å². The smallest absolute Gasteiger partial charge is 0.186 e. The van der Waals surface area contributed by atoms with E-state index in [4.69, 9.17) is 9.47 Å². The molecule has 0 aliphatic rings. The van der Waals surface area contributed by atoms with Gasteiger partial charge in [-0.2, -0.15) is 0 Å². The zero-order chi connectivity index (χ0) is 15.3. The second-order valence-corrected chi connectivity index (χ2v) is 6.74. The van der Waals surface area contributed by atoms with E-state index in [1.54, 1.807) is 13.8 Å². The quantitative estimate of drug-likeness (QED) is 0.596. The molecule has 0 atom stereocenters. The average molecular weight is 270 g/mol. The largest absolute Gasteiger partial charge is 0.367 e. The zero-order valence-electron chi connectivity index (χ0n) is 13.6. The van der Waals surface area contributed by atoms with Crippen molar-refractivity contribution < 1.29 is 14.3 Å². The molecule has 0 spiro atoms. The lowest BCUT2D eigenvalue weighted by Gasteiger charge is -2.37. The fourth-order valence-electron chi connectivity index (χ4n) is 2.10. The number of carbonyl (C=O) groups excluding carboxylic acids is 1. The number of hydrogen-bond donors (Lipinski definition) is 0. The van der Waals surface area contributed by atoms with Crippen molar-refractivity contribution in [3.05, 3.63) is 12.7 Å². The van der Waals surface area contributed by atoms with Gasteiger partial charge >= 0.3 is 0 Å². The molecule has 3 heteroatoms. The van der Waals surface area contributed by atoms with Gasteiger partial charge in [0, 0.05) is 0 Å². The van der Waals surface area contributed by atoms with Crippen LogP contribution in [0.3, 0.4) is 0 Å². The molecular formula is C16H30O3. The Balaban J connectivity index is 4.54. The topological polar surface area (TPSA) is 35.5 Å². The maximum atomic E-state index is 11.7. The van der Waals surface area contributed by atoms with E-state index in [0.717, 1.165) is 12.8 Å². The van der Waals surface area contributed by atoms with Crippen LogP contribution in [0.5, 0.6) is 0 Å². The first-order chi connectivity index (χ1) is 8.46. The highest BCUT2D eigenvalue weighted by atomic mass is 16.6. The van der Waals surface area contributed by atoms with E-state index in [1.807, 2.05) is 13.8 Å². The second-order valence-electron chi connectivity index (χ2n) is 6.74. The molecule has 0 unspecified atom stereocenters. The van der Waals surface area contributed by atoms with Crippen molar-refractivity contribution in [2.75, 3.05) is 6.61 Å². The van der Waals surface area contributed by atoms with Crippen molar-refractivity contribution in [3.8, 4) is 0 Å². The monoisotopic (exact) mass is 270 g/mol. The number of carbonyl (C=O) groups is 1. The summed E-state index contributed by atoms with van der Waals surface area (Å²) in [5.41, 5.74) is -1.47. The summed E-state index contributed by atoms with van der Waals surface area (Å²) in [6, 6.07) is 0. The summed E-state index contributed by atoms with van der Waals surface area (Å²) in [5, 5.41) is 0. The molecule has 0 saturated heterocycles. The van der Waals surface area contributed by atoms with Crippen molar-refractivity contribution in [1.82, 2.24) is 0 Å². The van der Waals surface area contributed by atoms with Gasteiger partial charge in [-0.15, -0.1) is 0 Å². The van der Waals surface area contributed by atoms with Crippen molar-refractivity contribution in [2.24, 2.45) is 0 Å². The van der Waals surface area contributed by atoms with Gasteiger partial charge in [0.1, 0.15) is 5.60 Å². The highest BCUT2D eigenvalue weighted by molar-refractivity contribution is 5.95. The van der Waals surface area contributed by atoms with Gasteiger partial charge in [0.2, 0.25) is 0 Å². The van der Waals surface area contributed by atoms with Crippen molar-refractivity contribution in [3.63, 3.8) is 0 Å². The molecule has 0 N–H and O–H groups in total. The molecule has 112 valence electrons. The molecular weight excluding hydrogens is 240 g/mol. The highest BCUT2D eigenvalue weighted by Crippen LogP contribution is 2.26. The van der Waals surface area contributed by atoms with E-state index in [1.165, 1.54) is 6.08 Å². The molecule has 0 aliphatic heterocycles. The Kier molecular flexibility index (Phi) is 6.43. The predicted molar refractivity (Wildman–Crippen MR) is 79.4 cm³/mol. The minimum absolute atomic E-state index is 0.115. The molecule has 0 aromatic heterocycles. The van der Waals surface area contributed by atoms with Crippen LogP contribution in [0, 0.1) is 0 Å². The van der Waals surface area contributed by atoms with Gasteiger partial charge in [0.25, 0.3) is 0 Å². The molecule has 0 fully saturated rings. The summed E-state index contributed by atoms with van der Waals surface area (Å²) in [5.74, 6) is -0.115. The lowest BCUT2D eigenvalue weighted by atomic mass is 10.00. The molecule has 0 amide bonds. The number of ether oxygens (including phenoxy) is 2. The summed E-state index contributed by atoms with van der Waals surface area (Å²) in [4.78, 5) is 11.7. The van der Waals surface area contributed by atoms with Crippen LogP contribution in [0.25, 0.3) is 0 Å². The number of ketones is 1. The fourth-order valence-corrected chi connectivity index (χ4v) is 2.10. The molecule has 0 aromatic rings. The van der Waals surface area contributed by atoms with Crippen molar-refractivity contribution in [1.29, 1.82) is 0 Å². The van der Waals surface area contributed by atoms with Crippen LogP contribution >= 0.6 is 0 Å². The van der Waals surface area contributed by atoms with Gasteiger partial charge in [0.15, 0.2) is 5.78 Å². The Morgan fingerprint density at radius 3 is 2.05 bits per heavy atom. The first-order valence-corrected chi connectivity index (χ1v) is 6.97. The van der Waals surface area contributed by atoms with Crippen LogP contribution in [-0.2, 0) is 14.3 Å². The van der Waals surface area contributed by atoms with Gasteiger partial charge in [-0.25, -0.2) is 0 Å². The SMILES string of the molecule is C=CC(=O)C(C)(C)OCC(C)(C)OC(C)(C)CCC. The van der Waals surface area contributed by atoms with E-state index < -0.39 is 11.2 Å². The third kappa shape index (κ3) is 6.88. The second kappa shape index (κ2) is 6.67. The van der Waals surface area contributed by atoms with Crippen LogP contribution in [0.15, 0.2) is 12.7 Å². The lowest BCUT2D eigenvalue weighted by molar-refractivity contribution is -0.177. The molecule has 0 radical (unpaired) electrons. The molecule has 19 heavy (non-hydrogen) atoms. The summed E-state index contributed by atoms with van der Waals surface area (Å²) in [7, 11) is 0. The predicted octanol–water partition coefficient (Wildman–Crippen LogP) is 3.91. The van der Waals surface area contributed by atoms with Gasteiger partial charge in [-0.05, 0) is 54.0 Å². The molecule has 3 nitrogen and oxygen atoms in total. The van der Waals surface area contributed by atoms with E-state index in [0.29, 0.717) is 6.61 Å². The molecule has 0 rings (SSSR count). The first kappa shape index (κ1) is 18.3. The molecule has 0 aliphatic carbocycles. The molecule has 0 saturated carbocycles. The van der Waals surface area contributed by atoms with E-state index in [2.05, 4.69) is 27.4 Å². The van der Waals surface area contributed by atoms with Crippen LogP contribution in [0.2, 0.25) is 0 Å². The first-order valence-electron chi connectivity index (χ1n) is 6.97. The third-order valence-corrected chi connectivity index (χ3v) is 2.96. The van der Waals surface area contributed by atoms with Gasteiger partial charge in [-0.3, -0.25) is 4.79 Å². The minimum Gasteiger partial charge on any atom is -0.367 e. The lowest BCUT2D eigenvalue weighted by Crippen LogP contribution is -2.44. The molecule has 0 aromatic carbocycles. The van der Waals surface area contributed by atoms with Gasteiger partial charge < -0.3 is 9.47 Å². The highest BCUT2D eigenvalue weighted by Gasteiger charge is 2.33. The number of hydrogen-bond acceptors (Lipinski definition) is 3. The summed E-state index contributed by atoms with van der Waals surface area (Å²) in [6.07, 6.45) is 3.37. The van der Waals surface area contributed by atoms with Crippen LogP contribution in [0.1, 0.15) is 61.3 Å². The normalized spacial score (nSPS) is 13.4. The summed E-state index contributed by atoms with van der Waals surface area (Å²) < 4.78 is 11.8. The third-order valence-electron chi connectivity index (χ3n) is 2.96. The van der Waals surface area contributed by atoms with Crippen LogP contribution in [-0.4, -0.2) is 29.2 Å². The zero-order valence-corrected chi connectivity index (χ0v) is 13.6. The average Bonchev–Trinajstić information content (AvgIpc) is 2.24. The van der Waals surface area contributed by atoms with E-state index >= 15 is 0 Å². The van der Waals surface area contributed by atoms with Crippen LogP contribution < -0.4 is 0 Å². The molecule has 0 heterocycles. The summed E-state index contributed by atoms with van der Waals surface area (Å²) in [6.45, 7) is 17.6. The maximum Gasteiger partial charge on any atom is 0.186 e. The van der Waals surface area contributed by atoms with E-state index in [9.17, 15) is 4.79 Å². The minimum atomic E-state index is -0.850. The van der Waals surface area contributed by atoms with Crippen molar-refractivity contribution in [2.45, 2.75) is 78.1 Å². The standard InChI is InChI=1S/C16H30O3/c1-9-11-14(3,4)19-15(5,6)12-18-16(7,8)13(17)10-2/h10H,2,9,11-12H2,1,3-8H3. The van der Waals surface area contributed by atoms with Gasteiger partial charge in [-0.1, -0.05) is 19.9 Å². The number of rotatable bonds is 9. The molecule has 0 bridgehead atoms.